The first-order valence-corrected chi connectivity index (χ1v) is 9.96. The quantitative estimate of drug-likeness (QED) is 0.674. The third kappa shape index (κ3) is 5.49. The maximum atomic E-state index is 12.1. The van der Waals surface area contributed by atoms with Gasteiger partial charge in [0.2, 0.25) is 11.8 Å². The molecule has 0 aliphatic carbocycles. The van der Waals surface area contributed by atoms with Gasteiger partial charge < -0.3 is 15.0 Å². The van der Waals surface area contributed by atoms with E-state index in [1.807, 2.05) is 43.3 Å². The van der Waals surface area contributed by atoms with E-state index in [4.69, 9.17) is 16.3 Å². The summed E-state index contributed by atoms with van der Waals surface area (Å²) in [6.07, 6.45) is 2.54. The normalized spacial score (nSPS) is 13.6. The Hall–Kier alpha value is -2.53. The summed E-state index contributed by atoms with van der Waals surface area (Å²) in [7, 11) is 0. The van der Waals surface area contributed by atoms with E-state index in [9.17, 15) is 9.59 Å². The van der Waals surface area contributed by atoms with Gasteiger partial charge in [-0.15, -0.1) is 0 Å². The molecule has 0 bridgehead atoms. The Morgan fingerprint density at radius 2 is 2.11 bits per heavy atom. The number of hydrogen-bond acceptors (Lipinski definition) is 3. The van der Waals surface area contributed by atoms with E-state index in [0.29, 0.717) is 37.4 Å². The molecule has 0 spiro atoms. The van der Waals surface area contributed by atoms with Crippen LogP contribution < -0.4 is 15.0 Å². The summed E-state index contributed by atoms with van der Waals surface area (Å²) < 4.78 is 5.71. The molecule has 0 radical (unpaired) electrons. The van der Waals surface area contributed by atoms with Gasteiger partial charge in [0.15, 0.2) is 0 Å². The molecule has 1 aliphatic rings. The molecule has 2 aromatic rings. The number of ether oxygens (including phenoxy) is 1. The molecule has 1 saturated heterocycles. The number of rotatable bonds is 8. The van der Waals surface area contributed by atoms with Crippen molar-refractivity contribution in [3.63, 3.8) is 0 Å². The van der Waals surface area contributed by atoms with Crippen molar-refractivity contribution in [1.29, 1.82) is 0 Å². The number of halogens is 1. The highest BCUT2D eigenvalue weighted by atomic mass is 35.5. The number of anilines is 1. The topological polar surface area (TPSA) is 58.6 Å². The van der Waals surface area contributed by atoms with E-state index in [0.717, 1.165) is 35.5 Å². The molecule has 6 heteroatoms. The Morgan fingerprint density at radius 1 is 1.25 bits per heavy atom. The van der Waals surface area contributed by atoms with Crippen molar-refractivity contribution in [3.05, 3.63) is 58.6 Å². The zero-order valence-electron chi connectivity index (χ0n) is 16.0. The fraction of sp³-hybridized carbons (Fsp3) is 0.364. The molecular weight excluding hydrogens is 376 g/mol. The first-order chi connectivity index (χ1) is 13.5. The maximum absolute atomic E-state index is 12.1. The van der Waals surface area contributed by atoms with Crippen LogP contribution in [-0.4, -0.2) is 25.0 Å². The molecular formula is C22H25ClN2O3. The van der Waals surface area contributed by atoms with Gasteiger partial charge in [0.05, 0.1) is 6.61 Å². The van der Waals surface area contributed by atoms with Gasteiger partial charge in [0.25, 0.3) is 0 Å². The lowest BCUT2D eigenvalue weighted by Gasteiger charge is -2.16. The average Bonchev–Trinajstić information content (AvgIpc) is 3.11. The summed E-state index contributed by atoms with van der Waals surface area (Å²) >= 11 is 5.93. The number of amides is 2. The first-order valence-electron chi connectivity index (χ1n) is 9.58. The monoisotopic (exact) mass is 400 g/mol. The van der Waals surface area contributed by atoms with Crippen LogP contribution in [0.3, 0.4) is 0 Å². The summed E-state index contributed by atoms with van der Waals surface area (Å²) in [4.78, 5) is 25.8. The molecule has 1 fully saturated rings. The minimum absolute atomic E-state index is 0.0147. The minimum Gasteiger partial charge on any atom is -0.493 e. The molecule has 148 valence electrons. The number of benzene rings is 2. The molecule has 0 aromatic heterocycles. The predicted molar refractivity (Wildman–Crippen MR) is 111 cm³/mol. The van der Waals surface area contributed by atoms with Gasteiger partial charge in [-0.2, -0.15) is 0 Å². The summed E-state index contributed by atoms with van der Waals surface area (Å²) in [5.41, 5.74) is 2.87. The molecule has 2 aromatic carbocycles. The van der Waals surface area contributed by atoms with Gasteiger partial charge in [-0.05, 0) is 61.2 Å². The molecule has 1 N–H and O–H groups in total. The van der Waals surface area contributed by atoms with Crippen LogP contribution in [0.4, 0.5) is 5.69 Å². The van der Waals surface area contributed by atoms with Crippen LogP contribution in [0.25, 0.3) is 0 Å². The van der Waals surface area contributed by atoms with Gasteiger partial charge in [0.1, 0.15) is 5.75 Å². The zero-order valence-corrected chi connectivity index (χ0v) is 16.8. The van der Waals surface area contributed by atoms with Crippen LogP contribution in [0.5, 0.6) is 5.75 Å². The molecule has 3 rings (SSSR count). The van der Waals surface area contributed by atoms with Gasteiger partial charge in [-0.3, -0.25) is 9.59 Å². The number of carbonyl (C=O) groups is 2. The molecule has 0 atom stereocenters. The van der Waals surface area contributed by atoms with Gasteiger partial charge in [-0.25, -0.2) is 0 Å². The lowest BCUT2D eigenvalue weighted by Crippen LogP contribution is -2.25. The first kappa shape index (κ1) is 20.2. The third-order valence-electron chi connectivity index (χ3n) is 4.73. The van der Waals surface area contributed by atoms with Crippen molar-refractivity contribution in [2.75, 3.05) is 18.1 Å². The molecule has 0 unspecified atom stereocenters. The number of aryl methyl sites for hydroxylation is 1. The van der Waals surface area contributed by atoms with Crippen molar-refractivity contribution >= 4 is 29.1 Å². The van der Waals surface area contributed by atoms with E-state index in [2.05, 4.69) is 5.32 Å². The Kier molecular flexibility index (Phi) is 6.93. The van der Waals surface area contributed by atoms with Crippen molar-refractivity contribution in [2.24, 2.45) is 0 Å². The van der Waals surface area contributed by atoms with Gasteiger partial charge >= 0.3 is 0 Å². The van der Waals surface area contributed by atoms with Crippen LogP contribution in [0, 0.1) is 6.92 Å². The Morgan fingerprint density at radius 3 is 2.86 bits per heavy atom. The fourth-order valence-corrected chi connectivity index (χ4v) is 3.46. The van der Waals surface area contributed by atoms with E-state index < -0.39 is 0 Å². The Balaban J connectivity index is 1.40. The standard InChI is InChI=1S/C22H25ClN2O3/c1-16-13-18(23)9-10-20(16)28-12-4-7-21(26)24-15-17-5-2-6-19(14-17)25-11-3-8-22(25)27/h2,5-6,9-10,13-14H,3-4,7-8,11-12,15H2,1H3,(H,24,26). The lowest BCUT2D eigenvalue weighted by molar-refractivity contribution is -0.121. The zero-order chi connectivity index (χ0) is 19.9. The van der Waals surface area contributed by atoms with E-state index >= 15 is 0 Å². The number of carbonyl (C=O) groups excluding carboxylic acids is 2. The summed E-state index contributed by atoms with van der Waals surface area (Å²) in [5, 5.41) is 3.61. The van der Waals surface area contributed by atoms with Crippen LogP contribution in [0.15, 0.2) is 42.5 Å². The summed E-state index contributed by atoms with van der Waals surface area (Å²) in [6, 6.07) is 13.3. The Bertz CT molecular complexity index is 853. The predicted octanol–water partition coefficient (Wildman–Crippen LogP) is 4.25. The smallest absolute Gasteiger partial charge is 0.227 e. The molecule has 1 heterocycles. The Labute approximate surface area is 170 Å². The van der Waals surface area contributed by atoms with E-state index in [1.165, 1.54) is 0 Å². The van der Waals surface area contributed by atoms with Crippen molar-refractivity contribution in [1.82, 2.24) is 5.32 Å². The van der Waals surface area contributed by atoms with Crippen LogP contribution in [0.2, 0.25) is 5.02 Å². The SMILES string of the molecule is Cc1cc(Cl)ccc1OCCCC(=O)NCc1cccc(N2CCCC2=O)c1. The minimum atomic E-state index is -0.0147. The van der Waals surface area contributed by atoms with E-state index in [1.54, 1.807) is 11.0 Å². The highest BCUT2D eigenvalue weighted by molar-refractivity contribution is 6.30. The second-order valence-corrected chi connectivity index (χ2v) is 7.39. The lowest BCUT2D eigenvalue weighted by atomic mass is 10.2. The van der Waals surface area contributed by atoms with Crippen LogP contribution in [-0.2, 0) is 16.1 Å². The van der Waals surface area contributed by atoms with Crippen LogP contribution >= 0.6 is 11.6 Å². The second-order valence-electron chi connectivity index (χ2n) is 6.96. The number of nitrogens with zero attached hydrogens (tertiary/aromatic N) is 1. The molecule has 1 aliphatic heterocycles. The summed E-state index contributed by atoms with van der Waals surface area (Å²) in [6.45, 7) is 3.63. The maximum Gasteiger partial charge on any atom is 0.227 e. The van der Waals surface area contributed by atoms with Crippen molar-refractivity contribution in [2.45, 2.75) is 39.2 Å². The van der Waals surface area contributed by atoms with Gasteiger partial charge in [0, 0.05) is 36.6 Å². The second kappa shape index (κ2) is 9.60. The highest BCUT2D eigenvalue weighted by Crippen LogP contribution is 2.23. The summed E-state index contributed by atoms with van der Waals surface area (Å²) in [5.74, 6) is 0.939. The van der Waals surface area contributed by atoms with Crippen molar-refractivity contribution in [3.8, 4) is 5.75 Å². The van der Waals surface area contributed by atoms with E-state index in [-0.39, 0.29) is 11.8 Å². The molecule has 28 heavy (non-hydrogen) atoms. The number of nitrogens with one attached hydrogen (secondary N) is 1. The fourth-order valence-electron chi connectivity index (χ4n) is 3.23. The largest absolute Gasteiger partial charge is 0.493 e. The van der Waals surface area contributed by atoms with Crippen molar-refractivity contribution < 1.29 is 14.3 Å². The molecule has 2 amide bonds. The third-order valence-corrected chi connectivity index (χ3v) is 4.96. The molecule has 5 nitrogen and oxygen atoms in total. The number of hydrogen-bond donors (Lipinski definition) is 1. The van der Waals surface area contributed by atoms with Crippen LogP contribution in [0.1, 0.15) is 36.8 Å². The average molecular weight is 401 g/mol. The highest BCUT2D eigenvalue weighted by Gasteiger charge is 2.21. The molecule has 0 saturated carbocycles. The van der Waals surface area contributed by atoms with Gasteiger partial charge in [-0.1, -0.05) is 23.7 Å².